The number of benzene rings is 1. The number of esters is 1. The van der Waals surface area contributed by atoms with Crippen molar-refractivity contribution in [2.75, 3.05) is 6.61 Å². The second kappa shape index (κ2) is 5.60. The number of aromatic nitrogens is 1. The number of nitrogens with two attached hydrogens (primary N) is 1. The summed E-state index contributed by atoms with van der Waals surface area (Å²) in [6.45, 7) is 2.12. The Hall–Kier alpha value is -1.94. The molecule has 4 nitrogen and oxygen atoms in total. The van der Waals surface area contributed by atoms with E-state index in [4.69, 9.17) is 10.5 Å². The van der Waals surface area contributed by atoms with Crippen molar-refractivity contribution in [3.8, 4) is 0 Å². The molecule has 1 aromatic heterocycles. The number of carbonyl (C=O) groups is 1. The van der Waals surface area contributed by atoms with E-state index in [9.17, 15) is 4.79 Å². The first kappa shape index (κ1) is 12.5. The van der Waals surface area contributed by atoms with Gasteiger partial charge in [0.15, 0.2) is 0 Å². The Bertz CT molecular complexity index is 554. The minimum atomic E-state index is -0.632. The van der Waals surface area contributed by atoms with Gasteiger partial charge in [0.2, 0.25) is 0 Å². The molecule has 0 bridgehead atoms. The molecule has 2 aromatic rings. The van der Waals surface area contributed by atoms with Gasteiger partial charge in [0.25, 0.3) is 0 Å². The highest BCUT2D eigenvalue weighted by atomic mass is 16.5. The number of pyridine rings is 1. The Kier molecular flexibility index (Phi) is 3.89. The van der Waals surface area contributed by atoms with Gasteiger partial charge in [-0.25, -0.2) is 0 Å². The van der Waals surface area contributed by atoms with Crippen LogP contribution in [0.25, 0.3) is 10.9 Å². The number of rotatable bonds is 4. The highest BCUT2D eigenvalue weighted by molar-refractivity contribution is 5.79. The summed E-state index contributed by atoms with van der Waals surface area (Å²) in [5.41, 5.74) is 7.65. The van der Waals surface area contributed by atoms with Gasteiger partial charge in [-0.15, -0.1) is 0 Å². The molecule has 2 rings (SSSR count). The van der Waals surface area contributed by atoms with Crippen LogP contribution in [-0.4, -0.2) is 23.6 Å². The predicted octanol–water partition coefficient (Wildman–Crippen LogP) is 1.67. The average molecular weight is 244 g/mol. The van der Waals surface area contributed by atoms with Crippen LogP contribution >= 0.6 is 0 Å². The number of nitrogens with zero attached hydrogens (tertiary/aromatic N) is 1. The number of hydrogen-bond donors (Lipinski definition) is 1. The summed E-state index contributed by atoms with van der Waals surface area (Å²) in [6, 6.07) is 9.21. The predicted molar refractivity (Wildman–Crippen MR) is 70.1 cm³/mol. The fourth-order valence-corrected chi connectivity index (χ4v) is 1.81. The van der Waals surface area contributed by atoms with E-state index in [0.717, 1.165) is 16.5 Å². The molecule has 0 fully saturated rings. The van der Waals surface area contributed by atoms with Crippen molar-refractivity contribution >= 4 is 16.9 Å². The molecule has 0 saturated carbocycles. The molecule has 1 aromatic carbocycles. The molecule has 0 saturated heterocycles. The van der Waals surface area contributed by atoms with E-state index >= 15 is 0 Å². The van der Waals surface area contributed by atoms with Crippen LogP contribution in [0.4, 0.5) is 0 Å². The van der Waals surface area contributed by atoms with Crippen LogP contribution in [0.5, 0.6) is 0 Å². The standard InChI is InChI=1S/C14H16N2O2/c1-2-18-14(17)12(15)8-10-7-11-5-3-4-6-13(11)16-9-10/h3-7,9,12H,2,8,15H2,1H3/t12-/m1/s1. The summed E-state index contributed by atoms with van der Waals surface area (Å²) in [6.07, 6.45) is 2.19. The highest BCUT2D eigenvalue weighted by Crippen LogP contribution is 2.13. The third-order valence-electron chi connectivity index (χ3n) is 2.69. The summed E-state index contributed by atoms with van der Waals surface area (Å²) in [4.78, 5) is 15.8. The Morgan fingerprint density at radius 3 is 3.00 bits per heavy atom. The lowest BCUT2D eigenvalue weighted by Crippen LogP contribution is -2.34. The topological polar surface area (TPSA) is 65.2 Å². The largest absolute Gasteiger partial charge is 0.465 e. The summed E-state index contributed by atoms with van der Waals surface area (Å²) in [5, 5.41) is 1.05. The Morgan fingerprint density at radius 1 is 1.44 bits per heavy atom. The first-order valence-corrected chi connectivity index (χ1v) is 5.96. The molecule has 4 heteroatoms. The maximum absolute atomic E-state index is 11.4. The Balaban J connectivity index is 2.14. The molecule has 1 heterocycles. The molecule has 2 N–H and O–H groups in total. The van der Waals surface area contributed by atoms with Crippen molar-refractivity contribution in [3.05, 3.63) is 42.1 Å². The Labute approximate surface area is 106 Å². The van der Waals surface area contributed by atoms with E-state index in [1.807, 2.05) is 30.3 Å². The van der Waals surface area contributed by atoms with Crippen LogP contribution in [0, 0.1) is 0 Å². The van der Waals surface area contributed by atoms with Crippen molar-refractivity contribution < 1.29 is 9.53 Å². The number of hydrogen-bond acceptors (Lipinski definition) is 4. The quantitative estimate of drug-likeness (QED) is 0.831. The lowest BCUT2D eigenvalue weighted by Gasteiger charge is -2.10. The lowest BCUT2D eigenvalue weighted by atomic mass is 10.1. The van der Waals surface area contributed by atoms with E-state index in [0.29, 0.717) is 13.0 Å². The molecule has 0 spiro atoms. The molecule has 94 valence electrons. The SMILES string of the molecule is CCOC(=O)[C@H](N)Cc1cnc2ccccc2c1. The van der Waals surface area contributed by atoms with Crippen molar-refractivity contribution in [2.45, 2.75) is 19.4 Å². The zero-order valence-corrected chi connectivity index (χ0v) is 10.3. The third-order valence-corrected chi connectivity index (χ3v) is 2.69. The molecule has 0 radical (unpaired) electrons. The van der Waals surface area contributed by atoms with Crippen molar-refractivity contribution in [1.82, 2.24) is 4.98 Å². The van der Waals surface area contributed by atoms with Crippen LogP contribution < -0.4 is 5.73 Å². The summed E-state index contributed by atoms with van der Waals surface area (Å²) >= 11 is 0. The van der Waals surface area contributed by atoms with Gasteiger partial charge in [-0.05, 0) is 31.0 Å². The molecule has 1 atom stereocenters. The van der Waals surface area contributed by atoms with E-state index in [1.54, 1.807) is 13.1 Å². The molecular formula is C14H16N2O2. The van der Waals surface area contributed by atoms with E-state index in [1.165, 1.54) is 0 Å². The minimum absolute atomic E-state index is 0.350. The number of carbonyl (C=O) groups excluding carboxylic acids is 1. The smallest absolute Gasteiger partial charge is 0.323 e. The first-order valence-electron chi connectivity index (χ1n) is 5.96. The molecule has 0 aliphatic heterocycles. The van der Waals surface area contributed by atoms with Crippen molar-refractivity contribution in [2.24, 2.45) is 5.73 Å². The van der Waals surface area contributed by atoms with Gasteiger partial charge in [0, 0.05) is 11.6 Å². The third kappa shape index (κ3) is 2.84. The van der Waals surface area contributed by atoms with Gasteiger partial charge in [-0.3, -0.25) is 9.78 Å². The molecular weight excluding hydrogens is 228 g/mol. The second-order valence-corrected chi connectivity index (χ2v) is 4.10. The van der Waals surface area contributed by atoms with Gasteiger partial charge in [0.1, 0.15) is 6.04 Å². The van der Waals surface area contributed by atoms with Gasteiger partial charge < -0.3 is 10.5 Å². The number of fused-ring (bicyclic) bond motifs is 1. The zero-order chi connectivity index (χ0) is 13.0. The van der Waals surface area contributed by atoms with E-state index in [2.05, 4.69) is 4.98 Å². The summed E-state index contributed by atoms with van der Waals surface area (Å²) < 4.78 is 4.88. The highest BCUT2D eigenvalue weighted by Gasteiger charge is 2.15. The Morgan fingerprint density at radius 2 is 2.22 bits per heavy atom. The van der Waals surface area contributed by atoms with Gasteiger partial charge in [-0.1, -0.05) is 18.2 Å². The van der Waals surface area contributed by atoms with Crippen LogP contribution in [0.1, 0.15) is 12.5 Å². The van der Waals surface area contributed by atoms with E-state index < -0.39 is 6.04 Å². The molecule has 18 heavy (non-hydrogen) atoms. The molecule has 0 unspecified atom stereocenters. The van der Waals surface area contributed by atoms with Crippen molar-refractivity contribution in [3.63, 3.8) is 0 Å². The van der Waals surface area contributed by atoms with Gasteiger partial charge in [0.05, 0.1) is 12.1 Å². The first-order chi connectivity index (χ1) is 8.70. The maximum Gasteiger partial charge on any atom is 0.323 e. The molecule has 0 amide bonds. The van der Waals surface area contributed by atoms with Crippen LogP contribution in [0.15, 0.2) is 36.5 Å². The van der Waals surface area contributed by atoms with Crippen molar-refractivity contribution in [1.29, 1.82) is 0 Å². The van der Waals surface area contributed by atoms with Crippen LogP contribution in [0.2, 0.25) is 0 Å². The molecule has 0 aliphatic carbocycles. The zero-order valence-electron chi connectivity index (χ0n) is 10.3. The number of para-hydroxylation sites is 1. The van der Waals surface area contributed by atoms with Gasteiger partial charge >= 0.3 is 5.97 Å². The number of ether oxygens (including phenoxy) is 1. The average Bonchev–Trinajstić information content (AvgIpc) is 2.39. The van der Waals surface area contributed by atoms with E-state index in [-0.39, 0.29) is 5.97 Å². The minimum Gasteiger partial charge on any atom is -0.465 e. The fraction of sp³-hybridized carbons (Fsp3) is 0.286. The summed E-state index contributed by atoms with van der Waals surface area (Å²) in [7, 11) is 0. The molecule has 0 aliphatic rings. The van der Waals surface area contributed by atoms with Crippen LogP contribution in [0.3, 0.4) is 0 Å². The lowest BCUT2D eigenvalue weighted by molar-refractivity contribution is -0.144. The van der Waals surface area contributed by atoms with Crippen LogP contribution in [-0.2, 0) is 16.0 Å². The second-order valence-electron chi connectivity index (χ2n) is 4.10. The van der Waals surface area contributed by atoms with Gasteiger partial charge in [-0.2, -0.15) is 0 Å². The summed E-state index contributed by atoms with van der Waals surface area (Å²) in [5.74, 6) is -0.370. The monoisotopic (exact) mass is 244 g/mol. The normalized spacial score (nSPS) is 12.3. The fourth-order valence-electron chi connectivity index (χ4n) is 1.81. The maximum atomic E-state index is 11.4.